The van der Waals surface area contributed by atoms with E-state index < -0.39 is 0 Å². The molecule has 2 heterocycles. The van der Waals surface area contributed by atoms with E-state index in [1.165, 1.54) is 10.1 Å². The summed E-state index contributed by atoms with van der Waals surface area (Å²) < 4.78 is 1.28. The highest BCUT2D eigenvalue weighted by Gasteiger charge is 2.05. The molecule has 0 radical (unpaired) electrons. The lowest BCUT2D eigenvalue weighted by Gasteiger charge is -2.02. The van der Waals surface area contributed by atoms with Gasteiger partial charge in [-0.1, -0.05) is 0 Å². The van der Waals surface area contributed by atoms with E-state index in [9.17, 15) is 0 Å². The molecule has 0 spiro atoms. The van der Waals surface area contributed by atoms with Crippen LogP contribution in [0.25, 0.3) is 21.1 Å². The molecular formula is C12H10N2S. The summed E-state index contributed by atoms with van der Waals surface area (Å²) in [5.74, 6) is 0. The van der Waals surface area contributed by atoms with Crippen LogP contribution in [0.1, 0.15) is 11.4 Å². The minimum Gasteiger partial charge on any atom is -0.250 e. The van der Waals surface area contributed by atoms with Gasteiger partial charge in [0, 0.05) is 10.1 Å². The van der Waals surface area contributed by atoms with Crippen LogP contribution in [0, 0.1) is 13.8 Å². The van der Waals surface area contributed by atoms with Crippen molar-refractivity contribution in [1.82, 2.24) is 9.97 Å². The molecule has 0 aliphatic heterocycles. The SMILES string of the molecule is Cc1nc2ccc3sccc3c2nc1C. The van der Waals surface area contributed by atoms with Crippen LogP contribution in [0.4, 0.5) is 0 Å². The molecule has 3 heteroatoms. The number of aromatic nitrogens is 2. The molecule has 0 amide bonds. The molecule has 0 saturated heterocycles. The molecule has 74 valence electrons. The second kappa shape index (κ2) is 3.00. The summed E-state index contributed by atoms with van der Waals surface area (Å²) in [6, 6.07) is 6.28. The minimum atomic E-state index is 0.990. The largest absolute Gasteiger partial charge is 0.250 e. The van der Waals surface area contributed by atoms with Crippen molar-refractivity contribution < 1.29 is 0 Å². The van der Waals surface area contributed by atoms with E-state index in [-0.39, 0.29) is 0 Å². The van der Waals surface area contributed by atoms with E-state index in [2.05, 4.69) is 27.5 Å². The van der Waals surface area contributed by atoms with Gasteiger partial charge in [-0.05, 0) is 37.4 Å². The fourth-order valence-electron chi connectivity index (χ4n) is 1.74. The highest BCUT2D eigenvalue weighted by molar-refractivity contribution is 7.17. The monoisotopic (exact) mass is 214 g/mol. The van der Waals surface area contributed by atoms with E-state index in [1.807, 2.05) is 19.9 Å². The maximum absolute atomic E-state index is 4.62. The summed E-state index contributed by atoms with van der Waals surface area (Å²) in [5.41, 5.74) is 4.04. The van der Waals surface area contributed by atoms with Gasteiger partial charge in [0.15, 0.2) is 0 Å². The molecule has 0 unspecified atom stereocenters. The van der Waals surface area contributed by atoms with Crippen LogP contribution < -0.4 is 0 Å². The molecule has 2 aromatic heterocycles. The number of hydrogen-bond acceptors (Lipinski definition) is 3. The quantitative estimate of drug-likeness (QED) is 0.572. The van der Waals surface area contributed by atoms with Gasteiger partial charge in [0.25, 0.3) is 0 Å². The number of thiophene rings is 1. The van der Waals surface area contributed by atoms with Crippen LogP contribution in [-0.4, -0.2) is 9.97 Å². The molecule has 0 aliphatic carbocycles. The Kier molecular flexibility index (Phi) is 1.76. The normalized spacial score (nSPS) is 11.3. The number of nitrogens with zero attached hydrogens (tertiary/aromatic N) is 2. The highest BCUT2D eigenvalue weighted by atomic mass is 32.1. The number of benzene rings is 1. The van der Waals surface area contributed by atoms with Crippen LogP contribution in [0.15, 0.2) is 23.6 Å². The van der Waals surface area contributed by atoms with E-state index in [0.29, 0.717) is 0 Å². The van der Waals surface area contributed by atoms with Gasteiger partial charge in [-0.3, -0.25) is 0 Å². The zero-order valence-electron chi connectivity index (χ0n) is 8.61. The third-order valence-corrected chi connectivity index (χ3v) is 3.56. The Bertz CT molecular complexity index is 655. The Morgan fingerprint density at radius 2 is 1.80 bits per heavy atom. The number of fused-ring (bicyclic) bond motifs is 3. The van der Waals surface area contributed by atoms with Crippen molar-refractivity contribution in [2.45, 2.75) is 13.8 Å². The van der Waals surface area contributed by atoms with Gasteiger partial charge in [0.05, 0.1) is 22.4 Å². The van der Waals surface area contributed by atoms with E-state index >= 15 is 0 Å². The summed E-state index contributed by atoms with van der Waals surface area (Å²) in [6.07, 6.45) is 0. The van der Waals surface area contributed by atoms with E-state index in [0.717, 1.165) is 22.4 Å². The molecule has 3 rings (SSSR count). The number of aryl methyl sites for hydroxylation is 2. The van der Waals surface area contributed by atoms with E-state index in [4.69, 9.17) is 0 Å². The van der Waals surface area contributed by atoms with Crippen molar-refractivity contribution in [3.8, 4) is 0 Å². The smallest absolute Gasteiger partial charge is 0.0976 e. The molecule has 0 N–H and O–H groups in total. The standard InChI is InChI=1S/C12H10N2S/c1-7-8(2)14-12-9-5-6-15-11(9)4-3-10(12)13-7/h3-6H,1-2H3. The van der Waals surface area contributed by atoms with Gasteiger partial charge in [-0.25, -0.2) is 9.97 Å². The lowest BCUT2D eigenvalue weighted by atomic mass is 10.2. The van der Waals surface area contributed by atoms with E-state index in [1.54, 1.807) is 11.3 Å². The maximum atomic E-state index is 4.62. The fourth-order valence-corrected chi connectivity index (χ4v) is 2.52. The van der Waals surface area contributed by atoms with Crippen molar-refractivity contribution in [2.24, 2.45) is 0 Å². The van der Waals surface area contributed by atoms with Crippen molar-refractivity contribution in [1.29, 1.82) is 0 Å². The second-order valence-corrected chi connectivity index (χ2v) is 4.61. The molecule has 3 aromatic rings. The van der Waals surface area contributed by atoms with Crippen LogP contribution in [0.3, 0.4) is 0 Å². The van der Waals surface area contributed by atoms with Gasteiger partial charge >= 0.3 is 0 Å². The van der Waals surface area contributed by atoms with Crippen molar-refractivity contribution in [3.63, 3.8) is 0 Å². The van der Waals surface area contributed by atoms with Gasteiger partial charge in [0.1, 0.15) is 0 Å². The van der Waals surface area contributed by atoms with Crippen LogP contribution in [0.2, 0.25) is 0 Å². The summed E-state index contributed by atoms with van der Waals surface area (Å²) in [6.45, 7) is 4.01. The topological polar surface area (TPSA) is 25.8 Å². The Morgan fingerprint density at radius 3 is 2.67 bits per heavy atom. The number of rotatable bonds is 0. The van der Waals surface area contributed by atoms with Gasteiger partial charge in [-0.2, -0.15) is 0 Å². The zero-order chi connectivity index (χ0) is 10.4. The average molecular weight is 214 g/mol. The Hall–Kier alpha value is -1.48. The van der Waals surface area contributed by atoms with Gasteiger partial charge in [0.2, 0.25) is 0 Å². The third kappa shape index (κ3) is 1.23. The number of hydrogen-bond donors (Lipinski definition) is 0. The first-order chi connectivity index (χ1) is 7.25. The molecule has 0 bridgehead atoms. The predicted molar refractivity (Wildman–Crippen MR) is 64.4 cm³/mol. The van der Waals surface area contributed by atoms with Crippen molar-refractivity contribution >= 4 is 32.5 Å². The Labute approximate surface area is 91.6 Å². The molecule has 1 aromatic carbocycles. The first-order valence-electron chi connectivity index (χ1n) is 4.87. The molecular weight excluding hydrogens is 204 g/mol. The predicted octanol–water partition coefficient (Wildman–Crippen LogP) is 3.46. The van der Waals surface area contributed by atoms with Crippen molar-refractivity contribution in [3.05, 3.63) is 35.0 Å². The summed E-state index contributed by atoms with van der Waals surface area (Å²) >= 11 is 1.74. The van der Waals surface area contributed by atoms with Crippen LogP contribution in [-0.2, 0) is 0 Å². The van der Waals surface area contributed by atoms with Gasteiger partial charge in [-0.15, -0.1) is 11.3 Å². The molecule has 15 heavy (non-hydrogen) atoms. The fraction of sp³-hybridized carbons (Fsp3) is 0.167. The van der Waals surface area contributed by atoms with Gasteiger partial charge < -0.3 is 0 Å². The molecule has 0 saturated carbocycles. The molecule has 0 atom stereocenters. The second-order valence-electron chi connectivity index (χ2n) is 3.66. The first kappa shape index (κ1) is 8.80. The lowest BCUT2D eigenvalue weighted by Crippen LogP contribution is -1.92. The molecule has 2 nitrogen and oxygen atoms in total. The van der Waals surface area contributed by atoms with Crippen molar-refractivity contribution in [2.75, 3.05) is 0 Å². The van der Waals surface area contributed by atoms with Crippen LogP contribution >= 0.6 is 11.3 Å². The average Bonchev–Trinajstić information content (AvgIpc) is 2.68. The summed E-state index contributed by atoms with van der Waals surface area (Å²) in [5, 5.41) is 3.31. The first-order valence-corrected chi connectivity index (χ1v) is 5.75. The highest BCUT2D eigenvalue weighted by Crippen LogP contribution is 2.27. The summed E-state index contributed by atoms with van der Waals surface area (Å²) in [7, 11) is 0. The summed E-state index contributed by atoms with van der Waals surface area (Å²) in [4.78, 5) is 9.17. The third-order valence-electron chi connectivity index (χ3n) is 2.68. The Balaban J connectivity index is 2.57. The minimum absolute atomic E-state index is 0.990. The Morgan fingerprint density at radius 1 is 1.00 bits per heavy atom. The maximum Gasteiger partial charge on any atom is 0.0976 e. The van der Waals surface area contributed by atoms with Crippen LogP contribution in [0.5, 0.6) is 0 Å². The molecule has 0 fully saturated rings. The lowest BCUT2D eigenvalue weighted by molar-refractivity contribution is 1.11. The molecule has 0 aliphatic rings. The zero-order valence-corrected chi connectivity index (χ0v) is 9.43.